The van der Waals surface area contributed by atoms with Crippen LogP contribution in [0.15, 0.2) is 18.2 Å². The van der Waals surface area contributed by atoms with Crippen molar-refractivity contribution in [3.63, 3.8) is 0 Å². The molecule has 0 aliphatic heterocycles. The molecule has 0 atom stereocenters. The Labute approximate surface area is 146 Å². The molecule has 6 nitrogen and oxygen atoms in total. The predicted molar refractivity (Wildman–Crippen MR) is 92.8 cm³/mol. The molecule has 0 heterocycles. The molecule has 1 aromatic rings. The Bertz CT molecular complexity index is 617. The van der Waals surface area contributed by atoms with Gasteiger partial charge in [0.15, 0.2) is 0 Å². The van der Waals surface area contributed by atoms with Crippen LogP contribution in [0.5, 0.6) is 0 Å². The highest BCUT2D eigenvalue weighted by atomic mass is 35.5. The first kappa shape index (κ1) is 20.0. The topological polar surface area (TPSA) is 75.7 Å². The van der Waals surface area contributed by atoms with Gasteiger partial charge in [-0.25, -0.2) is 8.42 Å². The van der Waals surface area contributed by atoms with Gasteiger partial charge < -0.3 is 10.1 Å². The average Bonchev–Trinajstić information content (AvgIpc) is 2.41. The number of sulfonamides is 1. The highest BCUT2D eigenvalue weighted by Crippen LogP contribution is 2.27. The smallest absolute Gasteiger partial charge is 0.232 e. The van der Waals surface area contributed by atoms with E-state index in [1.54, 1.807) is 7.11 Å². The van der Waals surface area contributed by atoms with Crippen LogP contribution in [0.1, 0.15) is 12.8 Å². The summed E-state index contributed by atoms with van der Waals surface area (Å²) in [5, 5.41) is 3.35. The van der Waals surface area contributed by atoms with Crippen molar-refractivity contribution >= 4 is 44.8 Å². The van der Waals surface area contributed by atoms with Crippen molar-refractivity contribution in [2.24, 2.45) is 0 Å². The fourth-order valence-corrected chi connectivity index (χ4v) is 3.33. The normalized spacial score (nSPS) is 11.3. The third-order valence-electron chi connectivity index (χ3n) is 2.92. The van der Waals surface area contributed by atoms with E-state index in [1.807, 2.05) is 0 Å². The van der Waals surface area contributed by atoms with E-state index in [-0.39, 0.29) is 18.9 Å². The Hall–Kier alpha value is -1.02. The molecular weight excluding hydrogens is 363 g/mol. The number of nitrogens with zero attached hydrogens (tertiary/aromatic N) is 1. The number of halogens is 2. The van der Waals surface area contributed by atoms with E-state index < -0.39 is 10.0 Å². The SMILES string of the molecule is COCCCNC(=O)CCN(c1cc(Cl)cc(Cl)c1)S(C)(=O)=O. The molecule has 23 heavy (non-hydrogen) atoms. The Balaban J connectivity index is 2.72. The Morgan fingerprint density at radius 2 is 1.87 bits per heavy atom. The maximum Gasteiger partial charge on any atom is 0.232 e. The van der Waals surface area contributed by atoms with Crippen LogP contribution in [0.25, 0.3) is 0 Å². The number of nitrogens with one attached hydrogen (secondary N) is 1. The molecule has 1 rings (SSSR count). The summed E-state index contributed by atoms with van der Waals surface area (Å²) in [6, 6.07) is 4.49. The quantitative estimate of drug-likeness (QED) is 0.664. The molecule has 1 amide bonds. The largest absolute Gasteiger partial charge is 0.385 e. The van der Waals surface area contributed by atoms with Gasteiger partial charge in [-0.2, -0.15) is 0 Å². The van der Waals surface area contributed by atoms with Crippen LogP contribution in [-0.4, -0.2) is 47.4 Å². The zero-order valence-corrected chi connectivity index (χ0v) is 15.3. The van der Waals surface area contributed by atoms with Gasteiger partial charge in [0, 0.05) is 43.3 Å². The van der Waals surface area contributed by atoms with E-state index in [4.69, 9.17) is 27.9 Å². The van der Waals surface area contributed by atoms with Crippen molar-refractivity contribution in [2.75, 3.05) is 37.4 Å². The Morgan fingerprint density at radius 1 is 1.26 bits per heavy atom. The van der Waals surface area contributed by atoms with Crippen molar-refractivity contribution < 1.29 is 17.9 Å². The van der Waals surface area contributed by atoms with E-state index in [0.29, 0.717) is 35.3 Å². The van der Waals surface area contributed by atoms with Crippen LogP contribution in [0.3, 0.4) is 0 Å². The number of amides is 1. The number of anilines is 1. The monoisotopic (exact) mass is 382 g/mol. The van der Waals surface area contributed by atoms with Crippen molar-refractivity contribution in [1.29, 1.82) is 0 Å². The van der Waals surface area contributed by atoms with E-state index in [1.165, 1.54) is 18.2 Å². The third kappa shape index (κ3) is 7.39. The molecule has 0 fully saturated rings. The van der Waals surface area contributed by atoms with Crippen LogP contribution in [-0.2, 0) is 19.6 Å². The molecule has 0 aromatic heterocycles. The van der Waals surface area contributed by atoms with Gasteiger partial charge >= 0.3 is 0 Å². The van der Waals surface area contributed by atoms with Gasteiger partial charge in [0.2, 0.25) is 15.9 Å². The molecule has 9 heteroatoms. The summed E-state index contributed by atoms with van der Waals surface area (Å²) in [4.78, 5) is 11.8. The molecule has 0 aliphatic carbocycles. The van der Waals surface area contributed by atoms with Gasteiger partial charge in [-0.05, 0) is 24.6 Å². The van der Waals surface area contributed by atoms with Crippen molar-refractivity contribution in [3.05, 3.63) is 28.2 Å². The summed E-state index contributed by atoms with van der Waals surface area (Å²) in [6.45, 7) is 1.04. The lowest BCUT2D eigenvalue weighted by molar-refractivity contribution is -0.120. The lowest BCUT2D eigenvalue weighted by Gasteiger charge is -2.22. The zero-order chi connectivity index (χ0) is 17.5. The predicted octanol–water partition coefficient (Wildman–Crippen LogP) is 2.30. The van der Waals surface area contributed by atoms with Gasteiger partial charge in [-0.3, -0.25) is 9.10 Å². The number of benzene rings is 1. The second-order valence-corrected chi connectivity index (χ2v) is 7.69. The minimum Gasteiger partial charge on any atom is -0.385 e. The van der Waals surface area contributed by atoms with Crippen molar-refractivity contribution in [1.82, 2.24) is 5.32 Å². The van der Waals surface area contributed by atoms with Crippen LogP contribution >= 0.6 is 23.2 Å². The molecule has 0 radical (unpaired) electrons. The van der Waals surface area contributed by atoms with E-state index >= 15 is 0 Å². The first-order valence-electron chi connectivity index (χ1n) is 6.93. The van der Waals surface area contributed by atoms with Gasteiger partial charge in [0.25, 0.3) is 0 Å². The second kappa shape index (κ2) is 9.32. The van der Waals surface area contributed by atoms with Crippen LogP contribution in [0, 0.1) is 0 Å². The van der Waals surface area contributed by atoms with E-state index in [2.05, 4.69) is 5.32 Å². The highest BCUT2D eigenvalue weighted by Gasteiger charge is 2.19. The molecular formula is C14H20Cl2N2O4S. The van der Waals surface area contributed by atoms with Crippen LogP contribution in [0.4, 0.5) is 5.69 Å². The number of ether oxygens (including phenoxy) is 1. The summed E-state index contributed by atoms with van der Waals surface area (Å²) in [5.74, 6) is -0.233. The van der Waals surface area contributed by atoms with Gasteiger partial charge in [0.05, 0.1) is 11.9 Å². The Kier molecular flexibility index (Phi) is 8.11. The number of hydrogen-bond donors (Lipinski definition) is 1. The number of rotatable bonds is 9. The molecule has 0 bridgehead atoms. The summed E-state index contributed by atoms with van der Waals surface area (Å²) in [7, 11) is -1.97. The number of hydrogen-bond acceptors (Lipinski definition) is 4. The summed E-state index contributed by atoms with van der Waals surface area (Å²) in [6.07, 6.45) is 1.80. The van der Waals surface area contributed by atoms with Gasteiger partial charge in [-0.1, -0.05) is 23.2 Å². The summed E-state index contributed by atoms with van der Waals surface area (Å²) in [5.41, 5.74) is 0.331. The Morgan fingerprint density at radius 3 is 2.39 bits per heavy atom. The molecule has 130 valence electrons. The first-order valence-corrected chi connectivity index (χ1v) is 9.54. The molecule has 0 aliphatic rings. The molecule has 1 N–H and O–H groups in total. The first-order chi connectivity index (χ1) is 10.7. The van der Waals surface area contributed by atoms with Gasteiger partial charge in [0.1, 0.15) is 0 Å². The average molecular weight is 383 g/mol. The summed E-state index contributed by atoms with van der Waals surface area (Å²) < 4.78 is 29.9. The highest BCUT2D eigenvalue weighted by molar-refractivity contribution is 7.92. The molecule has 0 saturated heterocycles. The van der Waals surface area contributed by atoms with E-state index in [0.717, 1.165) is 10.6 Å². The van der Waals surface area contributed by atoms with E-state index in [9.17, 15) is 13.2 Å². The summed E-state index contributed by atoms with van der Waals surface area (Å²) >= 11 is 11.8. The molecule has 1 aromatic carbocycles. The zero-order valence-electron chi connectivity index (χ0n) is 13.0. The minimum atomic E-state index is -3.56. The lowest BCUT2D eigenvalue weighted by Crippen LogP contribution is -2.35. The van der Waals surface area contributed by atoms with Gasteiger partial charge in [-0.15, -0.1) is 0 Å². The minimum absolute atomic E-state index is 0.00557. The fraction of sp³-hybridized carbons (Fsp3) is 0.500. The second-order valence-electron chi connectivity index (χ2n) is 4.91. The maximum absolute atomic E-state index is 12.0. The number of methoxy groups -OCH3 is 1. The lowest BCUT2D eigenvalue weighted by atomic mass is 10.3. The van der Waals surface area contributed by atoms with Crippen LogP contribution < -0.4 is 9.62 Å². The molecule has 0 unspecified atom stereocenters. The molecule has 0 spiro atoms. The van der Waals surface area contributed by atoms with Crippen LogP contribution in [0.2, 0.25) is 10.0 Å². The number of carbonyl (C=O) groups excluding carboxylic acids is 1. The maximum atomic E-state index is 12.0. The molecule has 0 saturated carbocycles. The van der Waals surface area contributed by atoms with Crippen molar-refractivity contribution in [3.8, 4) is 0 Å². The standard InChI is InChI=1S/C14H20Cl2N2O4S/c1-22-7-3-5-17-14(19)4-6-18(23(2,20)21)13-9-11(15)8-12(16)10-13/h8-10H,3-7H2,1-2H3,(H,17,19). The fourth-order valence-electron chi connectivity index (χ4n) is 1.91. The number of carbonyl (C=O) groups is 1. The third-order valence-corrected chi connectivity index (χ3v) is 4.56. The van der Waals surface area contributed by atoms with Crippen molar-refractivity contribution in [2.45, 2.75) is 12.8 Å².